The summed E-state index contributed by atoms with van der Waals surface area (Å²) in [7, 11) is 0. The molecule has 0 spiro atoms. The number of nitrogens with zero attached hydrogens (tertiary/aromatic N) is 1. The van der Waals surface area contributed by atoms with Gasteiger partial charge in [-0.2, -0.15) is 0 Å². The molecule has 20 heavy (non-hydrogen) atoms. The molecule has 2 nitrogen and oxygen atoms in total. The number of nitrogens with one attached hydrogen (secondary N) is 1. The first-order chi connectivity index (χ1) is 9.43. The van der Waals surface area contributed by atoms with Gasteiger partial charge in [0.15, 0.2) is 4.77 Å². The fourth-order valence-corrected chi connectivity index (χ4v) is 3.29. The summed E-state index contributed by atoms with van der Waals surface area (Å²) in [5.74, 6) is 0. The van der Waals surface area contributed by atoms with E-state index in [-0.39, 0.29) is 5.41 Å². The molecule has 0 radical (unpaired) electrons. The second-order valence-corrected chi connectivity index (χ2v) is 7.60. The van der Waals surface area contributed by atoms with Crippen molar-refractivity contribution in [3.63, 3.8) is 0 Å². The van der Waals surface area contributed by atoms with Crippen LogP contribution in [0.25, 0.3) is 11.0 Å². The quantitative estimate of drug-likeness (QED) is 0.493. The lowest BCUT2D eigenvalue weighted by molar-refractivity contribution is 0.273. The molecule has 0 aliphatic carbocycles. The van der Waals surface area contributed by atoms with Crippen molar-refractivity contribution in [2.45, 2.75) is 53.0 Å². The molecule has 0 atom stereocenters. The average Bonchev–Trinajstić information content (AvgIpc) is 2.65. The van der Waals surface area contributed by atoms with Crippen LogP contribution in [0.5, 0.6) is 0 Å². The highest BCUT2D eigenvalue weighted by Crippen LogP contribution is 2.29. The number of halogens is 1. The largest absolute Gasteiger partial charge is 0.331 e. The molecule has 110 valence electrons. The van der Waals surface area contributed by atoms with Crippen LogP contribution in [0.2, 0.25) is 0 Å². The van der Waals surface area contributed by atoms with Gasteiger partial charge in [-0.05, 0) is 42.3 Å². The third-order valence-corrected chi connectivity index (χ3v) is 4.60. The number of H-pyrrole nitrogens is 1. The Labute approximate surface area is 134 Å². The van der Waals surface area contributed by atoms with E-state index < -0.39 is 0 Å². The molecule has 1 heterocycles. The second kappa shape index (κ2) is 6.44. The molecule has 0 fully saturated rings. The Morgan fingerprint density at radius 1 is 1.30 bits per heavy atom. The molecule has 0 saturated heterocycles. The van der Waals surface area contributed by atoms with Gasteiger partial charge in [0, 0.05) is 11.0 Å². The standard InChI is InChI=1S/C16H23BrN2S/c1-4-5-6-9-16(2,3)11-19-14-8-7-12(17)10-13(14)18-15(19)20/h7-8,10H,4-6,9,11H2,1-3H3,(H,18,20). The molecule has 0 bridgehead atoms. The number of unbranched alkanes of at least 4 members (excludes halogenated alkanes) is 2. The van der Waals surface area contributed by atoms with Gasteiger partial charge in [0.1, 0.15) is 0 Å². The van der Waals surface area contributed by atoms with Gasteiger partial charge >= 0.3 is 0 Å². The van der Waals surface area contributed by atoms with Crippen LogP contribution in [-0.2, 0) is 6.54 Å². The third kappa shape index (κ3) is 3.73. The monoisotopic (exact) mass is 354 g/mol. The summed E-state index contributed by atoms with van der Waals surface area (Å²) >= 11 is 9.00. The first kappa shape index (κ1) is 15.8. The van der Waals surface area contributed by atoms with Gasteiger partial charge in [0.2, 0.25) is 0 Å². The predicted molar refractivity (Wildman–Crippen MR) is 92.7 cm³/mol. The van der Waals surface area contributed by atoms with Crippen molar-refractivity contribution in [1.29, 1.82) is 0 Å². The number of imidazole rings is 1. The summed E-state index contributed by atoms with van der Waals surface area (Å²) in [4.78, 5) is 3.31. The number of hydrogen-bond acceptors (Lipinski definition) is 1. The van der Waals surface area contributed by atoms with Crippen LogP contribution >= 0.6 is 28.1 Å². The Balaban J connectivity index is 2.24. The van der Waals surface area contributed by atoms with Crippen LogP contribution in [0.3, 0.4) is 0 Å². The van der Waals surface area contributed by atoms with Crippen molar-refractivity contribution in [2.75, 3.05) is 0 Å². The summed E-state index contributed by atoms with van der Waals surface area (Å²) in [6, 6.07) is 6.30. The predicted octanol–water partition coefficient (Wildman–Crippen LogP) is 6.07. The van der Waals surface area contributed by atoms with Crippen LogP contribution in [0.4, 0.5) is 0 Å². The van der Waals surface area contributed by atoms with Crippen LogP contribution in [-0.4, -0.2) is 9.55 Å². The Hall–Kier alpha value is -0.610. The molecule has 1 aromatic carbocycles. The number of rotatable bonds is 6. The SMILES string of the molecule is CCCCCC(C)(C)Cn1c(=S)[nH]c2cc(Br)ccc21. The Bertz CT molecular complexity index is 639. The van der Waals surface area contributed by atoms with Crippen molar-refractivity contribution >= 4 is 39.2 Å². The molecule has 4 heteroatoms. The maximum absolute atomic E-state index is 5.49. The summed E-state index contributed by atoms with van der Waals surface area (Å²) in [5, 5.41) is 0. The molecule has 0 unspecified atom stereocenters. The maximum Gasteiger partial charge on any atom is 0.178 e. The van der Waals surface area contributed by atoms with E-state index in [1.54, 1.807) is 0 Å². The van der Waals surface area contributed by atoms with Crippen molar-refractivity contribution in [1.82, 2.24) is 9.55 Å². The smallest absolute Gasteiger partial charge is 0.178 e. The summed E-state index contributed by atoms with van der Waals surface area (Å²) in [6.07, 6.45) is 5.13. The van der Waals surface area contributed by atoms with Crippen molar-refractivity contribution in [3.05, 3.63) is 27.4 Å². The lowest BCUT2D eigenvalue weighted by Gasteiger charge is -2.25. The molecule has 2 rings (SSSR count). The zero-order valence-electron chi connectivity index (χ0n) is 12.5. The summed E-state index contributed by atoms with van der Waals surface area (Å²) < 4.78 is 4.14. The summed E-state index contributed by atoms with van der Waals surface area (Å²) in [6.45, 7) is 7.89. The molecule has 1 aromatic heterocycles. The number of aromatic nitrogens is 2. The van der Waals surface area contributed by atoms with Crippen molar-refractivity contribution in [3.8, 4) is 0 Å². The zero-order valence-corrected chi connectivity index (χ0v) is 14.9. The number of hydrogen-bond donors (Lipinski definition) is 1. The van der Waals surface area contributed by atoms with E-state index in [9.17, 15) is 0 Å². The highest BCUT2D eigenvalue weighted by atomic mass is 79.9. The highest BCUT2D eigenvalue weighted by Gasteiger charge is 2.19. The molecular formula is C16H23BrN2S. The Morgan fingerprint density at radius 2 is 2.05 bits per heavy atom. The topological polar surface area (TPSA) is 20.7 Å². The van der Waals surface area contributed by atoms with Crippen molar-refractivity contribution in [2.24, 2.45) is 5.41 Å². The minimum atomic E-state index is 0.273. The normalized spacial score (nSPS) is 12.2. The minimum absolute atomic E-state index is 0.273. The van der Waals surface area contributed by atoms with Gasteiger partial charge < -0.3 is 9.55 Å². The molecule has 0 aliphatic rings. The molecule has 1 N–H and O–H groups in total. The van der Waals surface area contributed by atoms with E-state index in [1.165, 1.54) is 31.2 Å². The van der Waals surface area contributed by atoms with Crippen LogP contribution in [0.1, 0.15) is 46.5 Å². The lowest BCUT2D eigenvalue weighted by Crippen LogP contribution is -2.19. The molecule has 0 amide bonds. The summed E-state index contributed by atoms with van der Waals surface area (Å²) in [5.41, 5.74) is 2.57. The first-order valence-electron chi connectivity index (χ1n) is 7.31. The fourth-order valence-electron chi connectivity index (χ4n) is 2.65. The molecule has 2 aromatic rings. The maximum atomic E-state index is 5.49. The second-order valence-electron chi connectivity index (χ2n) is 6.30. The number of aromatic amines is 1. The van der Waals surface area contributed by atoms with Crippen LogP contribution in [0, 0.1) is 10.2 Å². The average molecular weight is 355 g/mol. The van der Waals surface area contributed by atoms with E-state index in [4.69, 9.17) is 12.2 Å². The first-order valence-corrected chi connectivity index (χ1v) is 8.51. The van der Waals surface area contributed by atoms with Gasteiger partial charge in [0.05, 0.1) is 11.0 Å². The van der Waals surface area contributed by atoms with Gasteiger partial charge in [-0.15, -0.1) is 0 Å². The molecule has 0 aliphatic heterocycles. The van der Waals surface area contributed by atoms with Crippen LogP contribution < -0.4 is 0 Å². The lowest BCUT2D eigenvalue weighted by atomic mass is 9.87. The van der Waals surface area contributed by atoms with E-state index in [2.05, 4.69) is 64.5 Å². The van der Waals surface area contributed by atoms with Gasteiger partial charge in [0.25, 0.3) is 0 Å². The molecule has 0 saturated carbocycles. The minimum Gasteiger partial charge on any atom is -0.331 e. The van der Waals surface area contributed by atoms with Crippen LogP contribution in [0.15, 0.2) is 22.7 Å². The highest BCUT2D eigenvalue weighted by molar-refractivity contribution is 9.10. The van der Waals surface area contributed by atoms with E-state index >= 15 is 0 Å². The van der Waals surface area contributed by atoms with E-state index in [0.717, 1.165) is 21.3 Å². The number of benzene rings is 1. The third-order valence-electron chi connectivity index (χ3n) is 3.78. The Kier molecular flexibility index (Phi) is 5.08. The van der Waals surface area contributed by atoms with E-state index in [0.29, 0.717) is 0 Å². The fraction of sp³-hybridized carbons (Fsp3) is 0.562. The van der Waals surface area contributed by atoms with Gasteiger partial charge in [-0.3, -0.25) is 0 Å². The van der Waals surface area contributed by atoms with Crippen molar-refractivity contribution < 1.29 is 0 Å². The van der Waals surface area contributed by atoms with Gasteiger partial charge in [-0.1, -0.05) is 56.0 Å². The Morgan fingerprint density at radius 3 is 2.75 bits per heavy atom. The number of fused-ring (bicyclic) bond motifs is 1. The van der Waals surface area contributed by atoms with Gasteiger partial charge in [-0.25, -0.2) is 0 Å². The van der Waals surface area contributed by atoms with E-state index in [1.807, 2.05) is 0 Å². The zero-order chi connectivity index (χ0) is 14.8. The molecular weight excluding hydrogens is 332 g/mol.